The maximum atomic E-state index is 11.3. The van der Waals surface area contributed by atoms with Crippen LogP contribution < -0.4 is 0 Å². The van der Waals surface area contributed by atoms with Crippen LogP contribution in [0.4, 0.5) is 0 Å². The number of hydrogen-bond donors (Lipinski definition) is 1. The molecule has 0 atom stereocenters. The van der Waals surface area contributed by atoms with E-state index in [9.17, 15) is 15.2 Å². The summed E-state index contributed by atoms with van der Waals surface area (Å²) in [4.78, 5) is 11.3. The minimum absolute atomic E-state index is 0.143. The van der Waals surface area contributed by atoms with Crippen LogP contribution in [0, 0.1) is 22.7 Å². The highest BCUT2D eigenvalue weighted by Crippen LogP contribution is 2.28. The molecule has 0 spiro atoms. The van der Waals surface area contributed by atoms with Crippen LogP contribution in [0.25, 0.3) is 23.0 Å². The highest BCUT2D eigenvalue weighted by Gasteiger charge is 2.14. The zero-order chi connectivity index (χ0) is 18.5. The summed E-state index contributed by atoms with van der Waals surface area (Å²) in [7, 11) is 0. The van der Waals surface area contributed by atoms with Gasteiger partial charge in [0.1, 0.15) is 11.5 Å². The molecule has 0 saturated carbocycles. The fraction of sp³-hybridized carbons (Fsp3) is 0. The highest BCUT2D eigenvalue weighted by atomic mass is 16.4. The standard InChI is InChI=1S/C21H12N2O3/c22-12-14-5-7-15(8-6-14)16(13-23)11-17-9-10-20(26-17)18-3-1-2-4-19(18)21(24)25/h1-11H,(H,24,25)/b16-11-. The van der Waals surface area contributed by atoms with Crippen molar-refractivity contribution < 1.29 is 14.3 Å². The van der Waals surface area contributed by atoms with Crippen molar-refractivity contribution in [1.82, 2.24) is 0 Å². The normalized spacial score (nSPS) is 10.8. The molecular formula is C21H12N2O3. The van der Waals surface area contributed by atoms with Gasteiger partial charge in [0, 0.05) is 5.56 Å². The van der Waals surface area contributed by atoms with E-state index in [0.717, 1.165) is 0 Å². The van der Waals surface area contributed by atoms with E-state index in [0.29, 0.717) is 33.8 Å². The molecule has 0 aliphatic carbocycles. The van der Waals surface area contributed by atoms with Crippen molar-refractivity contribution in [3.8, 4) is 23.5 Å². The lowest BCUT2D eigenvalue weighted by molar-refractivity contribution is 0.0697. The quantitative estimate of drug-likeness (QED) is 0.701. The summed E-state index contributed by atoms with van der Waals surface area (Å²) >= 11 is 0. The molecule has 0 radical (unpaired) electrons. The van der Waals surface area contributed by atoms with Gasteiger partial charge in [-0.1, -0.05) is 30.3 Å². The third-order valence-corrected chi connectivity index (χ3v) is 3.78. The third kappa shape index (κ3) is 3.38. The fourth-order valence-electron chi connectivity index (χ4n) is 2.51. The topological polar surface area (TPSA) is 98.0 Å². The average Bonchev–Trinajstić information content (AvgIpc) is 3.14. The minimum Gasteiger partial charge on any atom is -0.478 e. The lowest BCUT2D eigenvalue weighted by Gasteiger charge is -2.02. The van der Waals surface area contributed by atoms with Gasteiger partial charge in [-0.2, -0.15) is 10.5 Å². The Labute approximate surface area is 149 Å². The Kier molecular flexibility index (Phi) is 4.65. The van der Waals surface area contributed by atoms with E-state index in [1.54, 1.807) is 60.7 Å². The zero-order valence-corrected chi connectivity index (χ0v) is 13.5. The number of aromatic carboxylic acids is 1. The van der Waals surface area contributed by atoms with Crippen LogP contribution in [0.15, 0.2) is 65.1 Å². The molecule has 2 aromatic carbocycles. The predicted octanol–water partition coefficient (Wildman–Crippen LogP) is 4.58. The van der Waals surface area contributed by atoms with E-state index in [2.05, 4.69) is 6.07 Å². The van der Waals surface area contributed by atoms with Crippen LogP contribution in [-0.4, -0.2) is 11.1 Å². The van der Waals surface area contributed by atoms with Crippen molar-refractivity contribution in [2.75, 3.05) is 0 Å². The van der Waals surface area contributed by atoms with Crippen molar-refractivity contribution in [3.05, 3.63) is 83.1 Å². The number of allylic oxidation sites excluding steroid dienone is 1. The SMILES string of the molecule is N#C/C(=C/c1ccc(-c2ccccc2C(=O)O)o1)c1ccc(C#N)cc1. The number of nitriles is 2. The van der Waals surface area contributed by atoms with Crippen LogP contribution >= 0.6 is 0 Å². The van der Waals surface area contributed by atoms with Gasteiger partial charge in [0.05, 0.1) is 28.8 Å². The molecule has 1 heterocycles. The second-order valence-corrected chi connectivity index (χ2v) is 5.41. The summed E-state index contributed by atoms with van der Waals surface area (Å²) in [5.41, 5.74) is 2.16. The van der Waals surface area contributed by atoms with Crippen LogP contribution in [-0.2, 0) is 0 Å². The molecule has 0 fully saturated rings. The van der Waals surface area contributed by atoms with Crippen LogP contribution in [0.5, 0.6) is 0 Å². The van der Waals surface area contributed by atoms with Gasteiger partial charge in [0.2, 0.25) is 0 Å². The molecule has 5 nitrogen and oxygen atoms in total. The van der Waals surface area contributed by atoms with Crippen LogP contribution in [0.1, 0.15) is 27.2 Å². The Balaban J connectivity index is 1.97. The second kappa shape index (κ2) is 7.21. The Bertz CT molecular complexity index is 1080. The molecule has 26 heavy (non-hydrogen) atoms. The number of benzene rings is 2. The number of nitrogens with zero attached hydrogens (tertiary/aromatic N) is 2. The zero-order valence-electron chi connectivity index (χ0n) is 13.5. The number of carboxylic acid groups (broad SMARTS) is 1. The first-order chi connectivity index (χ1) is 12.6. The first-order valence-corrected chi connectivity index (χ1v) is 7.67. The maximum Gasteiger partial charge on any atom is 0.336 e. The third-order valence-electron chi connectivity index (χ3n) is 3.78. The molecule has 5 heteroatoms. The van der Waals surface area contributed by atoms with E-state index in [1.165, 1.54) is 6.07 Å². The first-order valence-electron chi connectivity index (χ1n) is 7.67. The summed E-state index contributed by atoms with van der Waals surface area (Å²) in [6.07, 6.45) is 1.58. The fourth-order valence-corrected chi connectivity index (χ4v) is 2.51. The molecule has 3 rings (SSSR count). The Morgan fingerprint density at radius 3 is 2.38 bits per heavy atom. The van der Waals surface area contributed by atoms with Gasteiger partial charge in [-0.3, -0.25) is 0 Å². The molecule has 3 aromatic rings. The van der Waals surface area contributed by atoms with Gasteiger partial charge in [-0.15, -0.1) is 0 Å². The molecule has 0 saturated heterocycles. The summed E-state index contributed by atoms with van der Waals surface area (Å²) < 4.78 is 5.72. The Morgan fingerprint density at radius 1 is 1.00 bits per heavy atom. The van der Waals surface area contributed by atoms with E-state index >= 15 is 0 Å². The van der Waals surface area contributed by atoms with Crippen molar-refractivity contribution in [3.63, 3.8) is 0 Å². The molecule has 1 aromatic heterocycles. The lowest BCUT2D eigenvalue weighted by atomic mass is 10.0. The largest absolute Gasteiger partial charge is 0.478 e. The minimum atomic E-state index is -1.04. The molecule has 124 valence electrons. The predicted molar refractivity (Wildman–Crippen MR) is 95.7 cm³/mol. The van der Waals surface area contributed by atoms with E-state index in [-0.39, 0.29) is 5.56 Å². The summed E-state index contributed by atoms with van der Waals surface area (Å²) in [6, 6.07) is 20.7. The van der Waals surface area contributed by atoms with Crippen molar-refractivity contribution >= 4 is 17.6 Å². The monoisotopic (exact) mass is 340 g/mol. The Morgan fingerprint density at radius 2 is 1.73 bits per heavy atom. The summed E-state index contributed by atoms with van der Waals surface area (Å²) in [5.74, 6) is -0.197. The van der Waals surface area contributed by atoms with Gasteiger partial charge >= 0.3 is 5.97 Å². The van der Waals surface area contributed by atoms with Crippen LogP contribution in [0.2, 0.25) is 0 Å². The second-order valence-electron chi connectivity index (χ2n) is 5.41. The average molecular weight is 340 g/mol. The van der Waals surface area contributed by atoms with Crippen molar-refractivity contribution in [1.29, 1.82) is 10.5 Å². The molecule has 0 amide bonds. The molecular weight excluding hydrogens is 328 g/mol. The van der Waals surface area contributed by atoms with E-state index in [1.807, 2.05) is 6.07 Å². The van der Waals surface area contributed by atoms with E-state index in [4.69, 9.17) is 9.68 Å². The van der Waals surface area contributed by atoms with Crippen molar-refractivity contribution in [2.24, 2.45) is 0 Å². The maximum absolute atomic E-state index is 11.3. The van der Waals surface area contributed by atoms with Gasteiger partial charge < -0.3 is 9.52 Å². The molecule has 0 unspecified atom stereocenters. The highest BCUT2D eigenvalue weighted by molar-refractivity contribution is 5.95. The van der Waals surface area contributed by atoms with Crippen LogP contribution in [0.3, 0.4) is 0 Å². The molecule has 1 N–H and O–H groups in total. The smallest absolute Gasteiger partial charge is 0.336 e. The lowest BCUT2D eigenvalue weighted by Crippen LogP contribution is -1.98. The number of rotatable bonds is 4. The number of hydrogen-bond acceptors (Lipinski definition) is 4. The van der Waals surface area contributed by atoms with Gasteiger partial charge in [-0.25, -0.2) is 4.79 Å². The summed E-state index contributed by atoms with van der Waals surface area (Å²) in [5, 5.41) is 27.5. The number of furan rings is 1. The molecule has 0 bridgehead atoms. The first kappa shape index (κ1) is 16.8. The number of carboxylic acids is 1. The molecule has 0 aliphatic heterocycles. The van der Waals surface area contributed by atoms with Crippen molar-refractivity contribution in [2.45, 2.75) is 0 Å². The number of carbonyl (C=O) groups is 1. The van der Waals surface area contributed by atoms with Gasteiger partial charge in [-0.05, 0) is 42.0 Å². The Hall–Kier alpha value is -4.09. The van der Waals surface area contributed by atoms with E-state index < -0.39 is 5.97 Å². The van der Waals surface area contributed by atoms with Gasteiger partial charge in [0.25, 0.3) is 0 Å². The molecule has 0 aliphatic rings. The van der Waals surface area contributed by atoms with Gasteiger partial charge in [0.15, 0.2) is 0 Å². The summed E-state index contributed by atoms with van der Waals surface area (Å²) in [6.45, 7) is 0.